The fraction of sp³-hybridized carbons (Fsp3) is 0.0800. The Balaban J connectivity index is 1.36. The van der Waals surface area contributed by atoms with Crippen LogP contribution in [0.3, 0.4) is 0 Å². The number of carbonyl (C=O) groups is 1. The average molecular weight is 500 g/mol. The van der Waals surface area contributed by atoms with Crippen molar-refractivity contribution in [3.05, 3.63) is 101 Å². The minimum absolute atomic E-state index is 0.0182. The maximum absolute atomic E-state index is 13.1. The van der Waals surface area contributed by atoms with E-state index in [2.05, 4.69) is 31.9 Å². The summed E-state index contributed by atoms with van der Waals surface area (Å²) in [6.07, 6.45) is 2.06. The molecule has 0 aliphatic carbocycles. The van der Waals surface area contributed by atoms with Crippen molar-refractivity contribution in [3.63, 3.8) is 0 Å². The van der Waals surface area contributed by atoms with E-state index in [4.69, 9.17) is 11.6 Å². The Morgan fingerprint density at radius 1 is 1.00 bits per heavy atom. The van der Waals surface area contributed by atoms with E-state index < -0.39 is 0 Å². The summed E-state index contributed by atoms with van der Waals surface area (Å²) in [5.74, 6) is 0.260. The Kier molecular flexibility index (Phi) is 5.48. The number of fused-ring (bicyclic) bond motifs is 2. The lowest BCUT2D eigenvalue weighted by molar-refractivity contribution is -0.114. The normalized spacial score (nSPS) is 15.1. The average Bonchev–Trinajstić information content (AvgIpc) is 3.52. The molecule has 0 saturated heterocycles. The number of thiazole rings is 1. The van der Waals surface area contributed by atoms with E-state index in [0.717, 1.165) is 27.0 Å². The van der Waals surface area contributed by atoms with Crippen molar-refractivity contribution in [3.8, 4) is 0 Å². The Hall–Kier alpha value is -4.08. The highest BCUT2D eigenvalue weighted by Crippen LogP contribution is 2.36. The van der Waals surface area contributed by atoms with Gasteiger partial charge in [-0.3, -0.25) is 9.69 Å². The van der Waals surface area contributed by atoms with Gasteiger partial charge in [0.1, 0.15) is 12.6 Å². The van der Waals surface area contributed by atoms with Crippen molar-refractivity contribution in [2.45, 2.75) is 6.04 Å². The van der Waals surface area contributed by atoms with Gasteiger partial charge < -0.3 is 5.32 Å². The number of para-hydroxylation sites is 1. The molecule has 1 atom stereocenters. The number of anilines is 2. The number of nitrogens with one attached hydrogen (secondary N) is 1. The second-order valence-corrected chi connectivity index (χ2v) is 9.43. The van der Waals surface area contributed by atoms with Crippen molar-refractivity contribution in [1.82, 2.24) is 25.2 Å². The van der Waals surface area contributed by atoms with Crippen LogP contribution in [-0.2, 0) is 4.79 Å². The van der Waals surface area contributed by atoms with E-state index in [1.807, 2.05) is 83.8 Å². The van der Waals surface area contributed by atoms with E-state index in [9.17, 15) is 4.79 Å². The number of nitrogens with zero attached hydrogens (tertiary/aromatic N) is 6. The molecule has 0 bridgehead atoms. The monoisotopic (exact) mass is 499 g/mol. The minimum atomic E-state index is -0.254. The van der Waals surface area contributed by atoms with E-state index in [1.165, 1.54) is 11.3 Å². The predicted molar refractivity (Wildman–Crippen MR) is 137 cm³/mol. The first-order valence-corrected chi connectivity index (χ1v) is 12.1. The summed E-state index contributed by atoms with van der Waals surface area (Å²) in [6, 6.07) is 25.0. The first-order chi connectivity index (χ1) is 17.2. The lowest BCUT2D eigenvalue weighted by atomic mass is 10.0. The summed E-state index contributed by atoms with van der Waals surface area (Å²) >= 11 is 7.55. The number of hydrogen-bond donors (Lipinski definition) is 1. The molecule has 1 aliphatic heterocycles. The summed E-state index contributed by atoms with van der Waals surface area (Å²) in [7, 11) is 0. The molecular weight excluding hydrogens is 482 g/mol. The molecule has 5 aromatic rings. The molecule has 1 N–H and O–H groups in total. The zero-order valence-electron chi connectivity index (χ0n) is 18.2. The third kappa shape index (κ3) is 4.16. The summed E-state index contributed by atoms with van der Waals surface area (Å²) in [5, 5.41) is 16.6. The van der Waals surface area contributed by atoms with Crippen LogP contribution in [0, 0.1) is 0 Å². The van der Waals surface area contributed by atoms with Gasteiger partial charge in [0.15, 0.2) is 5.13 Å². The van der Waals surface area contributed by atoms with Gasteiger partial charge in [-0.1, -0.05) is 82.6 Å². The molecule has 0 saturated carbocycles. The highest BCUT2D eigenvalue weighted by atomic mass is 35.5. The quantitative estimate of drug-likeness (QED) is 0.365. The number of aromatic nitrogens is 5. The maximum atomic E-state index is 13.1. The first-order valence-electron chi connectivity index (χ1n) is 10.9. The van der Waals surface area contributed by atoms with Crippen LogP contribution in [0.4, 0.5) is 11.1 Å². The van der Waals surface area contributed by atoms with Crippen LogP contribution < -0.4 is 10.2 Å². The van der Waals surface area contributed by atoms with Crippen molar-refractivity contribution >= 4 is 55.8 Å². The van der Waals surface area contributed by atoms with E-state index in [-0.39, 0.29) is 18.5 Å². The van der Waals surface area contributed by atoms with Gasteiger partial charge in [-0.05, 0) is 51.9 Å². The fourth-order valence-corrected chi connectivity index (χ4v) is 5.11. The van der Waals surface area contributed by atoms with Crippen LogP contribution in [0.5, 0.6) is 0 Å². The number of tetrazole rings is 1. The summed E-state index contributed by atoms with van der Waals surface area (Å²) in [5.41, 5.74) is 3.63. The smallest absolute Gasteiger partial charge is 0.251 e. The van der Waals surface area contributed by atoms with Crippen LogP contribution in [0.1, 0.15) is 17.2 Å². The lowest BCUT2D eigenvalue weighted by Crippen LogP contribution is -2.37. The SMILES string of the molecule is O=C(CN1C(c2ccccc2)=C[C@@H](c2ccc(Cl)cc2)n2nnnc21)Nc1nc2ccccc2s1. The molecule has 1 aliphatic rings. The van der Waals surface area contributed by atoms with Gasteiger partial charge in [0, 0.05) is 5.02 Å². The van der Waals surface area contributed by atoms with Crippen LogP contribution >= 0.6 is 22.9 Å². The van der Waals surface area contributed by atoms with E-state index in [1.54, 1.807) is 4.68 Å². The summed E-state index contributed by atoms with van der Waals surface area (Å²) < 4.78 is 2.72. The second-order valence-electron chi connectivity index (χ2n) is 7.96. The number of halogens is 1. The van der Waals surface area contributed by atoms with Gasteiger partial charge >= 0.3 is 0 Å². The van der Waals surface area contributed by atoms with Gasteiger partial charge in [-0.2, -0.15) is 4.68 Å². The van der Waals surface area contributed by atoms with Crippen LogP contribution in [-0.4, -0.2) is 37.6 Å². The number of benzene rings is 3. The van der Waals surface area contributed by atoms with Crippen molar-refractivity contribution in [2.24, 2.45) is 0 Å². The third-order valence-corrected chi connectivity index (χ3v) is 6.91. The summed E-state index contributed by atoms with van der Waals surface area (Å²) in [6.45, 7) is 0.0182. The number of allylic oxidation sites excluding steroid dienone is 1. The lowest BCUT2D eigenvalue weighted by Gasteiger charge is -2.32. The summed E-state index contributed by atoms with van der Waals surface area (Å²) in [4.78, 5) is 19.5. The Morgan fingerprint density at radius 3 is 2.57 bits per heavy atom. The zero-order valence-corrected chi connectivity index (χ0v) is 19.8. The molecule has 1 amide bonds. The minimum Gasteiger partial charge on any atom is -0.300 e. The van der Waals surface area contributed by atoms with Gasteiger partial charge in [0.05, 0.1) is 15.9 Å². The molecule has 3 aromatic carbocycles. The Morgan fingerprint density at radius 2 is 1.77 bits per heavy atom. The molecule has 10 heteroatoms. The predicted octanol–water partition coefficient (Wildman–Crippen LogP) is 5.03. The number of rotatable bonds is 5. The number of amides is 1. The molecule has 8 nitrogen and oxygen atoms in total. The molecule has 2 aromatic heterocycles. The topological polar surface area (TPSA) is 88.8 Å². The maximum Gasteiger partial charge on any atom is 0.251 e. The van der Waals surface area contributed by atoms with Gasteiger partial charge in [-0.15, -0.1) is 0 Å². The standard InChI is InChI=1S/C25H18ClN7OS/c26-18-12-10-17(11-13-18)21-14-20(16-6-2-1-3-7-16)32(25-29-30-31-33(21)25)15-23(34)28-24-27-19-8-4-5-9-22(19)35-24/h1-14,21H,15H2,(H,27,28,34)/t21-/m0/s1. The zero-order chi connectivity index (χ0) is 23.8. The highest BCUT2D eigenvalue weighted by Gasteiger charge is 2.32. The van der Waals surface area contributed by atoms with Crippen molar-refractivity contribution < 1.29 is 4.79 Å². The number of carbonyl (C=O) groups excluding carboxylic acids is 1. The molecule has 172 valence electrons. The second kappa shape index (κ2) is 8.94. The van der Waals surface area contributed by atoms with E-state index in [0.29, 0.717) is 16.1 Å². The molecule has 6 rings (SSSR count). The van der Waals surface area contributed by atoms with Gasteiger partial charge in [0.2, 0.25) is 5.91 Å². The van der Waals surface area contributed by atoms with Crippen LogP contribution in [0.25, 0.3) is 15.9 Å². The third-order valence-electron chi connectivity index (χ3n) is 5.71. The Bertz CT molecular complexity index is 1510. The Labute approximate surface area is 209 Å². The molecule has 0 unspecified atom stereocenters. The van der Waals surface area contributed by atoms with Crippen LogP contribution in [0.15, 0.2) is 84.9 Å². The molecule has 0 fully saturated rings. The van der Waals surface area contributed by atoms with Gasteiger partial charge in [-0.25, -0.2) is 4.98 Å². The largest absolute Gasteiger partial charge is 0.300 e. The fourth-order valence-electron chi connectivity index (χ4n) is 4.11. The highest BCUT2D eigenvalue weighted by molar-refractivity contribution is 7.22. The molecule has 35 heavy (non-hydrogen) atoms. The molecule has 3 heterocycles. The molecule has 0 radical (unpaired) electrons. The van der Waals surface area contributed by atoms with E-state index >= 15 is 0 Å². The van der Waals surface area contributed by atoms with Crippen LogP contribution in [0.2, 0.25) is 5.02 Å². The molecular formula is C25H18ClN7OS. The first kappa shape index (κ1) is 21.5. The number of hydrogen-bond acceptors (Lipinski definition) is 7. The van der Waals surface area contributed by atoms with Crippen molar-refractivity contribution in [2.75, 3.05) is 16.8 Å². The van der Waals surface area contributed by atoms with Gasteiger partial charge in [0.25, 0.3) is 5.95 Å². The van der Waals surface area contributed by atoms with Crippen molar-refractivity contribution in [1.29, 1.82) is 0 Å². The molecule has 0 spiro atoms.